The first kappa shape index (κ1) is 8.54. The molecule has 0 N–H and O–H groups in total. The zero-order valence-corrected chi connectivity index (χ0v) is 7.16. The predicted octanol–water partition coefficient (Wildman–Crippen LogP) is 1.50. The number of hydrogen-bond acceptors (Lipinski definition) is 2. The third-order valence-corrected chi connectivity index (χ3v) is 1.96. The van der Waals surface area contributed by atoms with Gasteiger partial charge >= 0.3 is 0 Å². The Balaban J connectivity index is 3.34. The van der Waals surface area contributed by atoms with E-state index in [1.807, 2.05) is 24.5 Å². The maximum atomic E-state index is 10.5. The summed E-state index contributed by atoms with van der Waals surface area (Å²) in [5.74, 6) is 0. The Morgan fingerprint density at radius 3 is 2.75 bits per heavy atom. The van der Waals surface area contributed by atoms with Gasteiger partial charge in [-0.2, -0.15) is 5.26 Å². The zero-order valence-electron chi connectivity index (χ0n) is 7.16. The summed E-state index contributed by atoms with van der Waals surface area (Å²) in [7, 11) is 0. The minimum Gasteiger partial charge on any atom is -0.342 e. The molecule has 12 heavy (non-hydrogen) atoms. The highest BCUT2D eigenvalue weighted by atomic mass is 16.1. The predicted molar refractivity (Wildman–Crippen MR) is 44.9 cm³/mol. The van der Waals surface area contributed by atoms with Crippen LogP contribution in [-0.4, -0.2) is 10.9 Å². The third kappa shape index (κ3) is 1.12. The molecule has 0 aliphatic rings. The summed E-state index contributed by atoms with van der Waals surface area (Å²) in [6.45, 7) is 4.51. The fourth-order valence-corrected chi connectivity index (χ4v) is 1.30. The number of nitrogens with zero attached hydrogens (tertiary/aromatic N) is 2. The first-order valence-electron chi connectivity index (χ1n) is 3.80. The van der Waals surface area contributed by atoms with E-state index in [2.05, 4.69) is 0 Å². The molecule has 0 bridgehead atoms. The van der Waals surface area contributed by atoms with E-state index in [4.69, 9.17) is 5.26 Å². The normalized spacial score (nSPS) is 9.42. The van der Waals surface area contributed by atoms with E-state index >= 15 is 0 Å². The Kier molecular flexibility index (Phi) is 2.29. The molecule has 0 fully saturated rings. The largest absolute Gasteiger partial charge is 0.342 e. The average Bonchev–Trinajstić information content (AvgIpc) is 2.41. The molecule has 1 heterocycles. The van der Waals surface area contributed by atoms with Gasteiger partial charge in [-0.05, 0) is 19.9 Å². The van der Waals surface area contributed by atoms with Crippen LogP contribution in [0.4, 0.5) is 0 Å². The summed E-state index contributed by atoms with van der Waals surface area (Å²) in [5, 5.41) is 8.67. The van der Waals surface area contributed by atoms with Crippen LogP contribution in [0.25, 0.3) is 0 Å². The second-order valence-corrected chi connectivity index (χ2v) is 2.54. The quantitative estimate of drug-likeness (QED) is 0.618. The van der Waals surface area contributed by atoms with Crippen LogP contribution < -0.4 is 0 Å². The molecular formula is C9H10N2O. The van der Waals surface area contributed by atoms with Gasteiger partial charge in [0, 0.05) is 12.2 Å². The molecule has 62 valence electrons. The highest BCUT2D eigenvalue weighted by Crippen LogP contribution is 2.12. The molecule has 1 rings (SSSR count). The number of aromatic nitrogens is 1. The second kappa shape index (κ2) is 3.22. The molecule has 0 amide bonds. The zero-order chi connectivity index (χ0) is 9.14. The molecule has 0 saturated heterocycles. The van der Waals surface area contributed by atoms with Crippen molar-refractivity contribution in [3.63, 3.8) is 0 Å². The molecule has 1 aromatic heterocycles. The monoisotopic (exact) mass is 162 g/mol. The summed E-state index contributed by atoms with van der Waals surface area (Å²) in [6.07, 6.45) is 0.775. The summed E-state index contributed by atoms with van der Waals surface area (Å²) >= 11 is 0. The van der Waals surface area contributed by atoms with Gasteiger partial charge in [0.05, 0.1) is 11.3 Å². The maximum Gasteiger partial charge on any atom is 0.166 e. The van der Waals surface area contributed by atoms with Crippen molar-refractivity contribution >= 4 is 6.29 Å². The summed E-state index contributed by atoms with van der Waals surface area (Å²) < 4.78 is 1.82. The first-order chi connectivity index (χ1) is 5.74. The summed E-state index contributed by atoms with van der Waals surface area (Å²) in [5.41, 5.74) is 2.02. The highest BCUT2D eigenvalue weighted by molar-refractivity contribution is 5.74. The van der Waals surface area contributed by atoms with E-state index < -0.39 is 0 Å². The van der Waals surface area contributed by atoms with Gasteiger partial charge in [0.1, 0.15) is 6.07 Å². The van der Waals surface area contributed by atoms with E-state index in [-0.39, 0.29) is 0 Å². The first-order valence-corrected chi connectivity index (χ1v) is 3.80. The minimum absolute atomic E-state index is 0.576. The third-order valence-electron chi connectivity index (χ3n) is 1.96. The van der Waals surface area contributed by atoms with Crippen molar-refractivity contribution in [2.45, 2.75) is 20.4 Å². The molecule has 0 aliphatic carbocycles. The van der Waals surface area contributed by atoms with Crippen molar-refractivity contribution < 1.29 is 4.79 Å². The fraction of sp³-hybridized carbons (Fsp3) is 0.333. The lowest BCUT2D eigenvalue weighted by Gasteiger charge is -2.02. The molecule has 0 radical (unpaired) electrons. The van der Waals surface area contributed by atoms with Crippen LogP contribution in [0.5, 0.6) is 0 Å². The van der Waals surface area contributed by atoms with Crippen molar-refractivity contribution in [2.75, 3.05) is 0 Å². The van der Waals surface area contributed by atoms with Gasteiger partial charge in [0.15, 0.2) is 6.29 Å². The lowest BCUT2D eigenvalue weighted by Crippen LogP contribution is -2.01. The number of hydrogen-bond donors (Lipinski definition) is 0. The van der Waals surface area contributed by atoms with Crippen LogP contribution in [0.1, 0.15) is 28.7 Å². The van der Waals surface area contributed by atoms with Crippen molar-refractivity contribution in [1.29, 1.82) is 5.26 Å². The fourth-order valence-electron chi connectivity index (χ4n) is 1.30. The van der Waals surface area contributed by atoms with E-state index in [1.54, 1.807) is 6.07 Å². The Bertz CT molecular complexity index is 344. The van der Waals surface area contributed by atoms with Crippen LogP contribution in [0.3, 0.4) is 0 Å². The number of aldehydes is 1. The van der Waals surface area contributed by atoms with Gasteiger partial charge < -0.3 is 4.57 Å². The molecule has 0 aliphatic heterocycles. The standard InChI is InChI=1S/C9H10N2O/c1-3-11-7(2)8(5-10)4-9(11)6-12/h4,6H,3H2,1-2H3. The number of carbonyl (C=O) groups is 1. The SMILES string of the molecule is CCn1c(C=O)cc(C#N)c1C. The molecule has 0 spiro atoms. The van der Waals surface area contributed by atoms with Gasteiger partial charge in [-0.15, -0.1) is 0 Å². The number of nitriles is 1. The van der Waals surface area contributed by atoms with Crippen molar-refractivity contribution in [2.24, 2.45) is 0 Å². The highest BCUT2D eigenvalue weighted by Gasteiger charge is 2.08. The molecule has 3 heteroatoms. The van der Waals surface area contributed by atoms with Crippen molar-refractivity contribution in [3.8, 4) is 6.07 Å². The molecule has 0 saturated carbocycles. The van der Waals surface area contributed by atoms with E-state index in [0.29, 0.717) is 11.3 Å². The van der Waals surface area contributed by atoms with Gasteiger partial charge in [-0.25, -0.2) is 0 Å². The van der Waals surface area contributed by atoms with E-state index in [0.717, 1.165) is 18.5 Å². The van der Waals surface area contributed by atoms with Crippen LogP contribution in [-0.2, 0) is 6.54 Å². The van der Waals surface area contributed by atoms with Gasteiger partial charge in [-0.1, -0.05) is 0 Å². The lowest BCUT2D eigenvalue weighted by atomic mass is 10.3. The van der Waals surface area contributed by atoms with E-state index in [1.165, 1.54) is 0 Å². The summed E-state index contributed by atoms with van der Waals surface area (Å²) in [6, 6.07) is 3.66. The van der Waals surface area contributed by atoms with Gasteiger partial charge in [0.2, 0.25) is 0 Å². The number of rotatable bonds is 2. The molecular weight excluding hydrogens is 152 g/mol. The smallest absolute Gasteiger partial charge is 0.166 e. The molecule has 0 aromatic carbocycles. The average molecular weight is 162 g/mol. The number of carbonyl (C=O) groups excluding carboxylic acids is 1. The van der Waals surface area contributed by atoms with Crippen LogP contribution in [0, 0.1) is 18.3 Å². The maximum absolute atomic E-state index is 10.5. The van der Waals surface area contributed by atoms with Crippen LogP contribution in [0.15, 0.2) is 6.07 Å². The van der Waals surface area contributed by atoms with Crippen LogP contribution >= 0.6 is 0 Å². The topological polar surface area (TPSA) is 45.8 Å². The van der Waals surface area contributed by atoms with Crippen molar-refractivity contribution in [3.05, 3.63) is 23.0 Å². The Morgan fingerprint density at radius 1 is 1.75 bits per heavy atom. The van der Waals surface area contributed by atoms with E-state index in [9.17, 15) is 4.79 Å². The van der Waals surface area contributed by atoms with Crippen molar-refractivity contribution in [1.82, 2.24) is 4.57 Å². The molecule has 0 unspecified atom stereocenters. The lowest BCUT2D eigenvalue weighted by molar-refractivity contribution is 0.111. The summed E-state index contributed by atoms with van der Waals surface area (Å²) in [4.78, 5) is 10.5. The molecule has 3 nitrogen and oxygen atoms in total. The van der Waals surface area contributed by atoms with Gasteiger partial charge in [-0.3, -0.25) is 4.79 Å². The Morgan fingerprint density at radius 2 is 2.42 bits per heavy atom. The van der Waals surface area contributed by atoms with Gasteiger partial charge in [0.25, 0.3) is 0 Å². The Hall–Kier alpha value is -1.56. The van der Waals surface area contributed by atoms with Crippen LogP contribution in [0.2, 0.25) is 0 Å². The molecule has 1 aromatic rings. The molecule has 0 atom stereocenters. The second-order valence-electron chi connectivity index (χ2n) is 2.54. The minimum atomic E-state index is 0.576. The Labute approximate surface area is 71.2 Å².